The maximum Gasteiger partial charge on any atom is 0.128 e. The molecule has 0 bridgehead atoms. The summed E-state index contributed by atoms with van der Waals surface area (Å²) in [5, 5.41) is 12.4. The first kappa shape index (κ1) is 12.4. The van der Waals surface area contributed by atoms with Crippen LogP contribution in [0.2, 0.25) is 5.02 Å². The summed E-state index contributed by atoms with van der Waals surface area (Å²) in [6, 6.07) is 5.44. The zero-order valence-electron chi connectivity index (χ0n) is 9.31. The minimum Gasteiger partial charge on any atom is -0.496 e. The molecule has 3 nitrogen and oxygen atoms in total. The third-order valence-corrected chi connectivity index (χ3v) is 3.46. The van der Waals surface area contributed by atoms with Gasteiger partial charge in [0.05, 0.1) is 17.8 Å². The maximum atomic E-state index is 8.87. The second-order valence-corrected chi connectivity index (χ2v) is 4.82. The molecule has 1 aromatic carbocycles. The molecule has 2 aromatic rings. The molecule has 1 aromatic heterocycles. The Balaban J connectivity index is 2.40. The first-order valence-electron chi connectivity index (χ1n) is 5.13. The highest BCUT2D eigenvalue weighted by molar-refractivity contribution is 7.09. The molecular weight excluding hydrogens is 258 g/mol. The maximum absolute atomic E-state index is 8.87. The van der Waals surface area contributed by atoms with Crippen LogP contribution in [0, 0.1) is 0 Å². The second kappa shape index (κ2) is 5.49. The molecule has 0 aliphatic carbocycles. The molecule has 1 N–H and O–H groups in total. The molecule has 0 spiro atoms. The quantitative estimate of drug-likeness (QED) is 0.928. The molecule has 5 heteroatoms. The summed E-state index contributed by atoms with van der Waals surface area (Å²) in [6.45, 7) is 0.111. The van der Waals surface area contributed by atoms with Crippen molar-refractivity contribution in [1.82, 2.24) is 4.98 Å². The Bertz CT molecular complexity index is 513. The summed E-state index contributed by atoms with van der Waals surface area (Å²) >= 11 is 7.50. The molecule has 0 fully saturated rings. The largest absolute Gasteiger partial charge is 0.496 e. The summed E-state index contributed by atoms with van der Waals surface area (Å²) in [5.74, 6) is 0.746. The number of hydrogen-bond donors (Lipinski definition) is 1. The van der Waals surface area contributed by atoms with Crippen molar-refractivity contribution in [2.45, 2.75) is 6.42 Å². The van der Waals surface area contributed by atoms with E-state index in [9.17, 15) is 0 Å². The number of aliphatic hydroxyl groups is 1. The third kappa shape index (κ3) is 2.77. The average Bonchev–Trinajstić information content (AvgIpc) is 2.78. The van der Waals surface area contributed by atoms with Gasteiger partial charge in [-0.1, -0.05) is 11.6 Å². The van der Waals surface area contributed by atoms with Gasteiger partial charge in [-0.15, -0.1) is 11.3 Å². The van der Waals surface area contributed by atoms with Crippen LogP contribution in [0.15, 0.2) is 23.6 Å². The fourth-order valence-electron chi connectivity index (χ4n) is 1.53. The molecule has 0 saturated heterocycles. The lowest BCUT2D eigenvalue weighted by Crippen LogP contribution is -1.91. The van der Waals surface area contributed by atoms with Gasteiger partial charge >= 0.3 is 0 Å². The lowest BCUT2D eigenvalue weighted by Gasteiger charge is -2.06. The van der Waals surface area contributed by atoms with Crippen LogP contribution in [-0.2, 0) is 6.42 Å². The molecule has 0 atom stereocenters. The highest BCUT2D eigenvalue weighted by Crippen LogP contribution is 2.33. The van der Waals surface area contributed by atoms with Crippen molar-refractivity contribution in [3.8, 4) is 17.0 Å². The van der Waals surface area contributed by atoms with Gasteiger partial charge in [0.15, 0.2) is 0 Å². The van der Waals surface area contributed by atoms with E-state index in [0.29, 0.717) is 11.4 Å². The average molecular weight is 270 g/mol. The predicted octanol–water partition coefficient (Wildman–Crippen LogP) is 3.01. The van der Waals surface area contributed by atoms with Gasteiger partial charge in [0.1, 0.15) is 5.75 Å². The van der Waals surface area contributed by atoms with E-state index in [1.165, 1.54) is 11.3 Å². The first-order chi connectivity index (χ1) is 8.24. The normalized spacial score (nSPS) is 10.5. The second-order valence-electron chi connectivity index (χ2n) is 3.44. The van der Waals surface area contributed by atoms with Crippen LogP contribution in [0.1, 0.15) is 5.01 Å². The van der Waals surface area contributed by atoms with Crippen molar-refractivity contribution >= 4 is 22.9 Å². The van der Waals surface area contributed by atoms with Gasteiger partial charge in [-0.3, -0.25) is 0 Å². The van der Waals surface area contributed by atoms with Crippen LogP contribution in [-0.4, -0.2) is 23.8 Å². The Morgan fingerprint density at radius 1 is 1.47 bits per heavy atom. The fourth-order valence-corrected chi connectivity index (χ4v) is 2.49. The number of aliphatic hydroxyl groups excluding tert-OH is 1. The van der Waals surface area contributed by atoms with Crippen molar-refractivity contribution in [2.75, 3.05) is 13.7 Å². The number of aromatic nitrogens is 1. The summed E-state index contributed by atoms with van der Waals surface area (Å²) in [4.78, 5) is 4.44. The van der Waals surface area contributed by atoms with E-state index in [1.54, 1.807) is 13.2 Å². The standard InChI is InChI=1S/C12H12ClNO2S/c1-16-11-3-2-8(13)6-9(11)10-7-17-12(14-10)4-5-15/h2-3,6-7,15H,4-5H2,1H3. The van der Waals surface area contributed by atoms with E-state index < -0.39 is 0 Å². The van der Waals surface area contributed by atoms with Gasteiger partial charge < -0.3 is 9.84 Å². The van der Waals surface area contributed by atoms with Crippen molar-refractivity contribution in [2.24, 2.45) is 0 Å². The number of ether oxygens (including phenoxy) is 1. The number of benzene rings is 1. The molecular formula is C12H12ClNO2S. The molecule has 0 amide bonds. The van der Waals surface area contributed by atoms with E-state index in [1.807, 2.05) is 17.5 Å². The smallest absolute Gasteiger partial charge is 0.128 e. The van der Waals surface area contributed by atoms with Crippen LogP contribution >= 0.6 is 22.9 Å². The van der Waals surface area contributed by atoms with E-state index in [-0.39, 0.29) is 6.61 Å². The van der Waals surface area contributed by atoms with E-state index in [4.69, 9.17) is 21.4 Å². The third-order valence-electron chi connectivity index (χ3n) is 2.31. The molecule has 0 aliphatic heterocycles. The molecule has 2 rings (SSSR count). The Morgan fingerprint density at radius 3 is 3.00 bits per heavy atom. The number of methoxy groups -OCH3 is 1. The predicted molar refractivity (Wildman–Crippen MR) is 69.9 cm³/mol. The van der Waals surface area contributed by atoms with Gasteiger partial charge in [0, 0.05) is 29.0 Å². The minimum atomic E-state index is 0.111. The molecule has 1 heterocycles. The van der Waals surface area contributed by atoms with Gasteiger partial charge in [-0.05, 0) is 18.2 Å². The van der Waals surface area contributed by atoms with Gasteiger partial charge in [0.2, 0.25) is 0 Å². The van der Waals surface area contributed by atoms with Gasteiger partial charge in [-0.25, -0.2) is 4.98 Å². The van der Waals surface area contributed by atoms with Gasteiger partial charge in [0.25, 0.3) is 0 Å². The summed E-state index contributed by atoms with van der Waals surface area (Å²) in [6.07, 6.45) is 0.577. The molecule has 90 valence electrons. The summed E-state index contributed by atoms with van der Waals surface area (Å²) in [5.41, 5.74) is 1.71. The number of thiazole rings is 1. The molecule has 0 radical (unpaired) electrons. The van der Waals surface area contributed by atoms with Crippen molar-refractivity contribution < 1.29 is 9.84 Å². The van der Waals surface area contributed by atoms with E-state index >= 15 is 0 Å². The molecule has 17 heavy (non-hydrogen) atoms. The Kier molecular flexibility index (Phi) is 3.99. The topological polar surface area (TPSA) is 42.4 Å². The van der Waals surface area contributed by atoms with Crippen LogP contribution in [0.3, 0.4) is 0 Å². The number of rotatable bonds is 4. The van der Waals surface area contributed by atoms with Crippen LogP contribution in [0.4, 0.5) is 0 Å². The van der Waals surface area contributed by atoms with Gasteiger partial charge in [-0.2, -0.15) is 0 Å². The van der Waals surface area contributed by atoms with Crippen molar-refractivity contribution in [3.05, 3.63) is 33.6 Å². The number of nitrogens with zero attached hydrogens (tertiary/aromatic N) is 1. The summed E-state index contributed by atoms with van der Waals surface area (Å²) in [7, 11) is 1.62. The minimum absolute atomic E-state index is 0.111. The van der Waals surface area contributed by atoms with Crippen molar-refractivity contribution in [3.63, 3.8) is 0 Å². The molecule has 0 unspecified atom stereocenters. The van der Waals surface area contributed by atoms with Crippen LogP contribution < -0.4 is 4.74 Å². The van der Waals surface area contributed by atoms with Crippen LogP contribution in [0.25, 0.3) is 11.3 Å². The fraction of sp³-hybridized carbons (Fsp3) is 0.250. The number of halogens is 1. The van der Waals surface area contributed by atoms with E-state index in [0.717, 1.165) is 22.0 Å². The number of hydrogen-bond acceptors (Lipinski definition) is 4. The lowest BCUT2D eigenvalue weighted by molar-refractivity contribution is 0.299. The van der Waals surface area contributed by atoms with Crippen LogP contribution in [0.5, 0.6) is 5.75 Å². The molecule has 0 aliphatic rings. The zero-order chi connectivity index (χ0) is 12.3. The Morgan fingerprint density at radius 2 is 2.29 bits per heavy atom. The summed E-state index contributed by atoms with van der Waals surface area (Å²) < 4.78 is 5.28. The van der Waals surface area contributed by atoms with E-state index in [2.05, 4.69) is 4.98 Å². The SMILES string of the molecule is COc1ccc(Cl)cc1-c1csc(CCO)n1. The zero-order valence-corrected chi connectivity index (χ0v) is 10.9. The highest BCUT2D eigenvalue weighted by Gasteiger charge is 2.10. The molecule has 0 saturated carbocycles. The highest BCUT2D eigenvalue weighted by atomic mass is 35.5. The monoisotopic (exact) mass is 269 g/mol. The Hall–Kier alpha value is -1.10. The van der Waals surface area contributed by atoms with Crippen molar-refractivity contribution in [1.29, 1.82) is 0 Å². The Labute approximate surface area is 109 Å². The lowest BCUT2D eigenvalue weighted by atomic mass is 10.1. The first-order valence-corrected chi connectivity index (χ1v) is 6.39.